The van der Waals surface area contributed by atoms with Crippen LogP contribution in [0.4, 0.5) is 17.6 Å². The molecule has 3 aliphatic rings. The lowest BCUT2D eigenvalue weighted by Crippen LogP contribution is -2.54. The van der Waals surface area contributed by atoms with Gasteiger partial charge in [0.05, 0.1) is 11.9 Å². The van der Waals surface area contributed by atoms with Gasteiger partial charge in [-0.25, -0.2) is 9.37 Å². The van der Waals surface area contributed by atoms with Crippen LogP contribution in [0.25, 0.3) is 11.3 Å². The third-order valence-electron chi connectivity index (χ3n) is 7.94. The monoisotopic (exact) mass is 543 g/mol. The predicted molar refractivity (Wildman–Crippen MR) is 124 cm³/mol. The Balaban J connectivity index is 1.20. The molecule has 5 rings (SSSR count). The zero-order valence-electron chi connectivity index (χ0n) is 19.7. The third kappa shape index (κ3) is 4.93. The minimum absolute atomic E-state index is 0.0513. The van der Waals surface area contributed by atoms with Crippen LogP contribution in [0.2, 0.25) is 5.15 Å². The molecule has 1 saturated heterocycles. The van der Waals surface area contributed by atoms with Gasteiger partial charge in [-0.05, 0) is 63.5 Å². The van der Waals surface area contributed by atoms with Gasteiger partial charge in [-0.15, -0.1) is 0 Å². The summed E-state index contributed by atoms with van der Waals surface area (Å²) >= 11 is 5.85. The average molecular weight is 544 g/mol. The van der Waals surface area contributed by atoms with Crippen molar-refractivity contribution in [2.75, 3.05) is 6.54 Å². The van der Waals surface area contributed by atoms with Gasteiger partial charge >= 0.3 is 6.18 Å². The molecule has 2 aliphatic carbocycles. The maximum absolute atomic E-state index is 14.2. The number of amides is 2. The van der Waals surface area contributed by atoms with Crippen molar-refractivity contribution in [1.82, 2.24) is 25.4 Å². The highest BCUT2D eigenvalue weighted by atomic mass is 35.5. The molecule has 0 bridgehead atoms. The molecule has 2 aromatic rings. The van der Waals surface area contributed by atoms with Crippen molar-refractivity contribution >= 4 is 23.4 Å². The van der Waals surface area contributed by atoms with Crippen LogP contribution in [0, 0.1) is 11.7 Å². The lowest BCUT2D eigenvalue weighted by Gasteiger charge is -2.41. The molecule has 1 atom stereocenters. The highest BCUT2D eigenvalue weighted by Gasteiger charge is 2.56. The number of rotatable bonds is 4. The average Bonchev–Trinajstić information content (AvgIpc) is 3.42. The molecule has 8 nitrogen and oxygen atoms in total. The van der Waals surface area contributed by atoms with Crippen molar-refractivity contribution in [2.24, 2.45) is 5.92 Å². The highest BCUT2D eigenvalue weighted by Crippen LogP contribution is 2.50. The van der Waals surface area contributed by atoms with Gasteiger partial charge in [0.15, 0.2) is 11.4 Å². The molecule has 2 saturated carbocycles. The number of hydrogen-bond donors (Lipinski definition) is 3. The summed E-state index contributed by atoms with van der Waals surface area (Å²) in [4.78, 5) is 31.6. The summed E-state index contributed by atoms with van der Waals surface area (Å²) in [5.41, 5.74) is -2.63. The summed E-state index contributed by atoms with van der Waals surface area (Å²) in [5.74, 6) is -1.51. The van der Waals surface area contributed by atoms with Crippen molar-refractivity contribution in [3.05, 3.63) is 35.0 Å². The van der Waals surface area contributed by atoms with Crippen LogP contribution in [-0.2, 0) is 4.79 Å². The Labute approximate surface area is 214 Å². The van der Waals surface area contributed by atoms with Crippen molar-refractivity contribution in [2.45, 2.75) is 74.7 Å². The van der Waals surface area contributed by atoms with E-state index in [1.807, 2.05) is 0 Å². The Hall–Kier alpha value is -2.73. The van der Waals surface area contributed by atoms with Gasteiger partial charge in [-0.3, -0.25) is 14.7 Å². The number of aliphatic hydroxyl groups is 1. The molecule has 2 amide bonds. The Morgan fingerprint density at radius 2 is 1.86 bits per heavy atom. The second kappa shape index (κ2) is 9.23. The number of pyridine rings is 1. The van der Waals surface area contributed by atoms with E-state index in [9.17, 15) is 32.3 Å². The van der Waals surface area contributed by atoms with Gasteiger partial charge in [0.25, 0.3) is 5.91 Å². The number of likely N-dealkylation sites (tertiary alicyclic amines) is 1. The van der Waals surface area contributed by atoms with Crippen LogP contribution in [0.15, 0.2) is 18.3 Å². The Bertz CT molecular complexity index is 1210. The molecule has 0 unspecified atom stereocenters. The van der Waals surface area contributed by atoms with E-state index in [1.165, 1.54) is 12.1 Å². The summed E-state index contributed by atoms with van der Waals surface area (Å²) in [7, 11) is 0. The number of aromatic nitrogens is 3. The molecule has 0 aromatic carbocycles. The van der Waals surface area contributed by atoms with Crippen LogP contribution in [0.5, 0.6) is 0 Å². The molecule has 1 aliphatic heterocycles. The molecule has 3 heterocycles. The molecule has 3 fully saturated rings. The largest absolute Gasteiger partial charge is 0.417 e. The highest BCUT2D eigenvalue weighted by molar-refractivity contribution is 6.29. The molecule has 37 heavy (non-hydrogen) atoms. The summed E-state index contributed by atoms with van der Waals surface area (Å²) in [6.45, 7) is 0.333. The fraction of sp³-hybridized carbons (Fsp3) is 0.583. The fourth-order valence-electron chi connectivity index (χ4n) is 5.52. The van der Waals surface area contributed by atoms with E-state index in [4.69, 9.17) is 11.6 Å². The van der Waals surface area contributed by atoms with E-state index in [-0.39, 0.29) is 52.7 Å². The Morgan fingerprint density at radius 3 is 2.51 bits per heavy atom. The smallest absolute Gasteiger partial charge is 0.380 e. The summed E-state index contributed by atoms with van der Waals surface area (Å²) < 4.78 is 53.3. The second-order valence-corrected chi connectivity index (χ2v) is 10.7. The first-order valence-corrected chi connectivity index (χ1v) is 12.6. The van der Waals surface area contributed by atoms with Gasteiger partial charge in [0, 0.05) is 29.6 Å². The molecule has 1 spiro atoms. The van der Waals surface area contributed by atoms with Crippen LogP contribution in [-0.4, -0.2) is 66.9 Å². The zero-order valence-corrected chi connectivity index (χ0v) is 20.5. The van der Waals surface area contributed by atoms with Gasteiger partial charge in [0.1, 0.15) is 10.8 Å². The van der Waals surface area contributed by atoms with E-state index < -0.39 is 42.0 Å². The first kappa shape index (κ1) is 25.9. The molecule has 3 N–H and O–H groups in total. The van der Waals surface area contributed by atoms with Gasteiger partial charge in [-0.2, -0.15) is 18.3 Å². The van der Waals surface area contributed by atoms with Crippen LogP contribution in [0.1, 0.15) is 61.9 Å². The van der Waals surface area contributed by atoms with Gasteiger partial charge < -0.3 is 15.3 Å². The molecule has 2 aromatic heterocycles. The first-order chi connectivity index (χ1) is 17.4. The Kier molecular flexibility index (Phi) is 6.46. The molecule has 200 valence electrons. The van der Waals surface area contributed by atoms with Gasteiger partial charge in [0.2, 0.25) is 5.91 Å². The van der Waals surface area contributed by atoms with E-state index >= 15 is 0 Å². The van der Waals surface area contributed by atoms with Crippen LogP contribution < -0.4 is 5.32 Å². The normalized spacial score (nSPS) is 27.2. The number of H-pyrrole nitrogens is 1. The summed E-state index contributed by atoms with van der Waals surface area (Å²) in [5, 5.41) is 19.5. The third-order valence-corrected chi connectivity index (χ3v) is 8.14. The summed E-state index contributed by atoms with van der Waals surface area (Å²) in [6, 6.07) is 2.36. The second-order valence-electron chi connectivity index (χ2n) is 10.3. The minimum atomic E-state index is -4.69. The van der Waals surface area contributed by atoms with Crippen molar-refractivity contribution in [1.29, 1.82) is 0 Å². The van der Waals surface area contributed by atoms with Crippen molar-refractivity contribution in [3.8, 4) is 11.3 Å². The van der Waals surface area contributed by atoms with Crippen LogP contribution >= 0.6 is 11.6 Å². The maximum Gasteiger partial charge on any atom is 0.417 e. The van der Waals surface area contributed by atoms with Crippen molar-refractivity contribution in [3.63, 3.8) is 0 Å². The number of halogens is 5. The quantitative estimate of drug-likeness (QED) is 0.399. The first-order valence-electron chi connectivity index (χ1n) is 12.2. The fourth-order valence-corrected chi connectivity index (χ4v) is 5.68. The van der Waals surface area contributed by atoms with Crippen molar-refractivity contribution < 1.29 is 32.3 Å². The summed E-state index contributed by atoms with van der Waals surface area (Å²) in [6.07, 6.45) is -2.15. The zero-order chi connectivity index (χ0) is 26.6. The number of carbonyl (C=O) groups is 2. The lowest BCUT2D eigenvalue weighted by molar-refractivity contribution is -0.270. The number of aromatic amines is 1. The number of nitrogens with zero attached hydrogens (tertiary/aromatic N) is 3. The number of hydrogen-bond acceptors (Lipinski definition) is 5. The maximum atomic E-state index is 14.2. The van der Waals surface area contributed by atoms with E-state index in [0.29, 0.717) is 19.4 Å². The van der Waals surface area contributed by atoms with Gasteiger partial charge in [-0.1, -0.05) is 11.6 Å². The minimum Gasteiger partial charge on any atom is -0.380 e. The number of alkyl halides is 3. The predicted octanol–water partition coefficient (Wildman–Crippen LogP) is 4.00. The Morgan fingerprint density at radius 1 is 1.16 bits per heavy atom. The van der Waals surface area contributed by atoms with E-state index in [1.54, 1.807) is 4.90 Å². The number of carbonyl (C=O) groups excluding carboxylic acids is 2. The molecular formula is C24H26ClF4N5O3. The SMILES string of the molecule is O=C(NC1CCC(O)(C(F)(F)F)CC1)[C@@H]1CCN(C(=O)c2cc(-c3cc(Cl)ncc3F)n[nH]2)C2(CC2)C1. The van der Waals surface area contributed by atoms with E-state index in [0.717, 1.165) is 19.0 Å². The molecular weight excluding hydrogens is 518 g/mol. The molecule has 0 radical (unpaired) electrons. The van der Waals surface area contributed by atoms with E-state index in [2.05, 4.69) is 20.5 Å². The molecule has 13 heteroatoms. The standard InChI is InChI=1S/C24H26ClF4N5O3/c25-19-9-15(16(26)12-30-19)17-10-18(33-32-17)21(36)34-8-3-13(11-22(34)6-7-22)20(35)31-14-1-4-23(37,5-2-14)24(27,28)29/h9-10,12-14,37H,1-8,11H2,(H,31,35)(H,32,33)/t13-,14?,23?/m1/s1. The lowest BCUT2D eigenvalue weighted by atomic mass is 9.81. The number of nitrogens with one attached hydrogen (secondary N) is 2. The van der Waals surface area contributed by atoms with Crippen LogP contribution in [0.3, 0.4) is 0 Å². The number of piperidine rings is 1. The topological polar surface area (TPSA) is 111 Å².